The standard InChI is InChI=1S/C17H15N3OS/c1-12-4-2-3-5-14(12)10-17(21)19-15-8-6-13(7-9-15)16-11-18-20-22-16/h2-9,11H,10H2,1H3,(H,19,21). The number of nitrogens with zero attached hydrogens (tertiary/aromatic N) is 2. The second-order valence-electron chi connectivity index (χ2n) is 5.01. The Morgan fingerprint density at radius 2 is 1.91 bits per heavy atom. The summed E-state index contributed by atoms with van der Waals surface area (Å²) in [5, 5.41) is 6.75. The van der Waals surface area contributed by atoms with Crippen molar-refractivity contribution in [1.82, 2.24) is 9.59 Å². The van der Waals surface area contributed by atoms with Crippen molar-refractivity contribution in [2.45, 2.75) is 13.3 Å². The van der Waals surface area contributed by atoms with E-state index >= 15 is 0 Å². The van der Waals surface area contributed by atoms with Gasteiger partial charge in [-0.1, -0.05) is 40.9 Å². The van der Waals surface area contributed by atoms with Gasteiger partial charge in [0.1, 0.15) is 0 Å². The first kappa shape index (κ1) is 14.4. The van der Waals surface area contributed by atoms with Crippen molar-refractivity contribution in [3.8, 4) is 10.4 Å². The van der Waals surface area contributed by atoms with Crippen LogP contribution in [0.3, 0.4) is 0 Å². The average Bonchev–Trinajstić information content (AvgIpc) is 3.05. The van der Waals surface area contributed by atoms with E-state index in [9.17, 15) is 4.79 Å². The molecule has 0 spiro atoms. The number of anilines is 1. The highest BCUT2D eigenvalue weighted by Crippen LogP contribution is 2.23. The molecule has 1 amide bonds. The zero-order chi connectivity index (χ0) is 15.4. The SMILES string of the molecule is Cc1ccccc1CC(=O)Nc1ccc(-c2cnns2)cc1. The molecule has 0 bridgehead atoms. The fourth-order valence-electron chi connectivity index (χ4n) is 2.20. The largest absolute Gasteiger partial charge is 0.326 e. The normalized spacial score (nSPS) is 10.4. The molecule has 1 heterocycles. The molecule has 0 saturated heterocycles. The zero-order valence-corrected chi connectivity index (χ0v) is 12.9. The molecular weight excluding hydrogens is 294 g/mol. The van der Waals surface area contributed by atoms with E-state index in [1.54, 1.807) is 6.20 Å². The van der Waals surface area contributed by atoms with Crippen molar-refractivity contribution >= 4 is 23.1 Å². The summed E-state index contributed by atoms with van der Waals surface area (Å²) in [4.78, 5) is 13.1. The summed E-state index contributed by atoms with van der Waals surface area (Å²) in [6.07, 6.45) is 2.11. The van der Waals surface area contributed by atoms with Crippen LogP contribution in [0.4, 0.5) is 5.69 Å². The Kier molecular flexibility index (Phi) is 4.25. The Labute approximate surface area is 133 Å². The second-order valence-corrected chi connectivity index (χ2v) is 5.80. The lowest BCUT2D eigenvalue weighted by atomic mass is 10.1. The van der Waals surface area contributed by atoms with Crippen LogP contribution in [0.25, 0.3) is 10.4 Å². The number of amides is 1. The Morgan fingerprint density at radius 3 is 2.59 bits per heavy atom. The lowest BCUT2D eigenvalue weighted by Crippen LogP contribution is -2.14. The molecule has 2 aromatic carbocycles. The number of nitrogens with one attached hydrogen (secondary N) is 1. The Balaban J connectivity index is 1.66. The maximum Gasteiger partial charge on any atom is 0.228 e. The molecule has 22 heavy (non-hydrogen) atoms. The lowest BCUT2D eigenvalue weighted by molar-refractivity contribution is -0.115. The maximum absolute atomic E-state index is 12.1. The van der Waals surface area contributed by atoms with Crippen LogP contribution in [0.1, 0.15) is 11.1 Å². The van der Waals surface area contributed by atoms with Gasteiger partial charge in [-0.25, -0.2) is 0 Å². The fraction of sp³-hybridized carbons (Fsp3) is 0.118. The van der Waals surface area contributed by atoms with E-state index < -0.39 is 0 Å². The van der Waals surface area contributed by atoms with E-state index in [0.717, 1.165) is 27.3 Å². The topological polar surface area (TPSA) is 54.9 Å². The van der Waals surface area contributed by atoms with Gasteiger partial charge in [-0.15, -0.1) is 5.10 Å². The predicted molar refractivity (Wildman–Crippen MR) is 88.9 cm³/mol. The molecule has 0 radical (unpaired) electrons. The summed E-state index contributed by atoms with van der Waals surface area (Å²) in [7, 11) is 0. The third-order valence-electron chi connectivity index (χ3n) is 3.43. The number of hydrogen-bond donors (Lipinski definition) is 1. The van der Waals surface area contributed by atoms with E-state index in [1.807, 2.05) is 55.5 Å². The first-order valence-electron chi connectivity index (χ1n) is 6.94. The molecule has 0 aliphatic rings. The first-order valence-corrected chi connectivity index (χ1v) is 7.72. The minimum atomic E-state index is -0.0125. The van der Waals surface area contributed by atoms with Gasteiger partial charge in [-0.05, 0) is 47.3 Å². The molecule has 1 aromatic heterocycles. The molecule has 3 aromatic rings. The van der Waals surface area contributed by atoms with Gasteiger partial charge in [0.05, 0.1) is 17.5 Å². The van der Waals surface area contributed by atoms with E-state index in [1.165, 1.54) is 11.5 Å². The van der Waals surface area contributed by atoms with Gasteiger partial charge in [0, 0.05) is 5.69 Å². The first-order chi connectivity index (χ1) is 10.7. The summed E-state index contributed by atoms with van der Waals surface area (Å²) >= 11 is 1.35. The van der Waals surface area contributed by atoms with Crippen molar-refractivity contribution in [3.05, 3.63) is 65.9 Å². The molecule has 4 nitrogen and oxygen atoms in total. The number of carbonyl (C=O) groups excluding carboxylic acids is 1. The van der Waals surface area contributed by atoms with E-state index in [-0.39, 0.29) is 5.91 Å². The van der Waals surface area contributed by atoms with Crippen LogP contribution >= 0.6 is 11.5 Å². The van der Waals surface area contributed by atoms with Crippen LogP contribution in [0.2, 0.25) is 0 Å². The summed E-state index contributed by atoms with van der Waals surface area (Å²) in [6, 6.07) is 15.6. The summed E-state index contributed by atoms with van der Waals surface area (Å²) in [5.41, 5.74) is 4.02. The molecule has 0 fully saturated rings. The molecule has 0 saturated carbocycles. The highest BCUT2D eigenvalue weighted by Gasteiger charge is 2.07. The second kappa shape index (κ2) is 6.49. The number of aromatic nitrogens is 2. The van der Waals surface area contributed by atoms with Gasteiger partial charge in [-0.3, -0.25) is 4.79 Å². The quantitative estimate of drug-likeness (QED) is 0.799. The van der Waals surface area contributed by atoms with Gasteiger partial charge in [-0.2, -0.15) is 0 Å². The third-order valence-corrected chi connectivity index (χ3v) is 4.14. The lowest BCUT2D eigenvalue weighted by Gasteiger charge is -2.08. The van der Waals surface area contributed by atoms with Gasteiger partial charge in [0.25, 0.3) is 0 Å². The number of rotatable bonds is 4. The van der Waals surface area contributed by atoms with E-state index in [2.05, 4.69) is 14.9 Å². The van der Waals surface area contributed by atoms with Gasteiger partial charge < -0.3 is 5.32 Å². The Morgan fingerprint density at radius 1 is 1.14 bits per heavy atom. The molecule has 3 rings (SSSR count). The predicted octanol–water partition coefficient (Wildman–Crippen LogP) is 3.69. The van der Waals surface area contributed by atoms with Crippen molar-refractivity contribution in [1.29, 1.82) is 0 Å². The number of benzene rings is 2. The molecule has 0 unspecified atom stereocenters. The minimum Gasteiger partial charge on any atom is -0.326 e. The van der Waals surface area contributed by atoms with Crippen molar-refractivity contribution in [3.63, 3.8) is 0 Å². The monoisotopic (exact) mass is 309 g/mol. The molecule has 0 atom stereocenters. The highest BCUT2D eigenvalue weighted by molar-refractivity contribution is 7.09. The molecule has 110 valence electrons. The van der Waals surface area contributed by atoms with Gasteiger partial charge in [0.2, 0.25) is 5.91 Å². The molecule has 1 N–H and O–H groups in total. The summed E-state index contributed by atoms with van der Waals surface area (Å²) < 4.78 is 3.85. The van der Waals surface area contributed by atoms with E-state index in [0.29, 0.717) is 6.42 Å². The van der Waals surface area contributed by atoms with Crippen LogP contribution in [0, 0.1) is 6.92 Å². The van der Waals surface area contributed by atoms with Crippen LogP contribution in [-0.2, 0) is 11.2 Å². The third kappa shape index (κ3) is 3.38. The molecule has 5 heteroatoms. The van der Waals surface area contributed by atoms with Crippen LogP contribution in [0.15, 0.2) is 54.7 Å². The van der Waals surface area contributed by atoms with Crippen molar-refractivity contribution in [2.75, 3.05) is 5.32 Å². The molecule has 0 aliphatic carbocycles. The summed E-state index contributed by atoms with van der Waals surface area (Å²) in [5.74, 6) is -0.0125. The van der Waals surface area contributed by atoms with Crippen molar-refractivity contribution < 1.29 is 4.79 Å². The molecular formula is C17H15N3OS. The van der Waals surface area contributed by atoms with Crippen LogP contribution in [0.5, 0.6) is 0 Å². The zero-order valence-electron chi connectivity index (χ0n) is 12.1. The Hall–Kier alpha value is -2.53. The highest BCUT2D eigenvalue weighted by atomic mass is 32.1. The Bertz CT molecular complexity index is 767. The smallest absolute Gasteiger partial charge is 0.228 e. The number of aryl methyl sites for hydroxylation is 1. The minimum absolute atomic E-state index is 0.0125. The van der Waals surface area contributed by atoms with Crippen molar-refractivity contribution in [2.24, 2.45) is 0 Å². The molecule has 0 aliphatic heterocycles. The van der Waals surface area contributed by atoms with E-state index in [4.69, 9.17) is 0 Å². The maximum atomic E-state index is 12.1. The average molecular weight is 309 g/mol. The van der Waals surface area contributed by atoms with Crippen LogP contribution < -0.4 is 5.32 Å². The number of hydrogen-bond acceptors (Lipinski definition) is 4. The van der Waals surface area contributed by atoms with Gasteiger partial charge >= 0.3 is 0 Å². The fourth-order valence-corrected chi connectivity index (χ4v) is 2.72. The number of carbonyl (C=O) groups is 1. The van der Waals surface area contributed by atoms with Gasteiger partial charge in [0.15, 0.2) is 0 Å². The summed E-state index contributed by atoms with van der Waals surface area (Å²) in [6.45, 7) is 2.01. The van der Waals surface area contributed by atoms with Crippen LogP contribution in [-0.4, -0.2) is 15.5 Å².